The summed E-state index contributed by atoms with van der Waals surface area (Å²) in [5, 5.41) is 4.21. The van der Waals surface area contributed by atoms with E-state index in [0.29, 0.717) is 11.4 Å². The van der Waals surface area contributed by atoms with Gasteiger partial charge in [-0.25, -0.2) is 9.97 Å². The number of fused-ring (bicyclic) bond motifs is 6. The molecule has 34 heavy (non-hydrogen) atoms. The van der Waals surface area contributed by atoms with E-state index in [-0.39, 0.29) is 0 Å². The average Bonchev–Trinajstić information content (AvgIpc) is 2.92. The van der Waals surface area contributed by atoms with Gasteiger partial charge in [0.25, 0.3) is 0 Å². The van der Waals surface area contributed by atoms with Crippen molar-refractivity contribution in [1.82, 2.24) is 29.9 Å². The first-order chi connectivity index (χ1) is 16.8. The Labute approximate surface area is 194 Å². The summed E-state index contributed by atoms with van der Waals surface area (Å²) in [5.74, 6) is 0. The van der Waals surface area contributed by atoms with Crippen LogP contribution in [0.1, 0.15) is 0 Å². The lowest BCUT2D eigenvalue weighted by molar-refractivity contribution is 1.17. The molecule has 0 saturated carbocycles. The first-order valence-electron chi connectivity index (χ1n) is 11.0. The Morgan fingerprint density at radius 3 is 1.21 bits per heavy atom. The van der Waals surface area contributed by atoms with Crippen LogP contribution in [0, 0.1) is 0 Å². The molecule has 0 N–H and O–H groups in total. The number of hydrogen-bond acceptors (Lipinski definition) is 6. The van der Waals surface area contributed by atoms with Crippen molar-refractivity contribution in [1.29, 1.82) is 0 Å². The van der Waals surface area contributed by atoms with E-state index in [2.05, 4.69) is 44.2 Å². The van der Waals surface area contributed by atoms with E-state index < -0.39 is 0 Å². The predicted molar refractivity (Wildman–Crippen MR) is 134 cm³/mol. The van der Waals surface area contributed by atoms with Crippen LogP contribution in [-0.2, 0) is 0 Å². The topological polar surface area (TPSA) is 77.3 Å². The summed E-state index contributed by atoms with van der Waals surface area (Å²) in [4.78, 5) is 28.1. The van der Waals surface area contributed by atoms with Gasteiger partial charge in [0.05, 0.1) is 45.8 Å². The lowest BCUT2D eigenvalue weighted by Crippen LogP contribution is -1.94. The van der Waals surface area contributed by atoms with Crippen LogP contribution in [0.25, 0.3) is 66.4 Å². The molecule has 0 amide bonds. The Kier molecular flexibility index (Phi) is 4.04. The van der Waals surface area contributed by atoms with Crippen LogP contribution in [-0.4, -0.2) is 29.9 Å². The second-order valence-corrected chi connectivity index (χ2v) is 8.10. The molecule has 6 nitrogen and oxygen atoms in total. The van der Waals surface area contributed by atoms with E-state index in [9.17, 15) is 0 Å². The maximum atomic E-state index is 4.86. The van der Waals surface area contributed by atoms with Crippen LogP contribution in [0.3, 0.4) is 0 Å². The van der Waals surface area contributed by atoms with Crippen LogP contribution in [0.4, 0.5) is 0 Å². The molecule has 158 valence electrons. The zero-order chi connectivity index (χ0) is 22.5. The van der Waals surface area contributed by atoms with Crippen molar-refractivity contribution in [2.75, 3.05) is 0 Å². The molecule has 5 aromatic heterocycles. The fraction of sp³-hybridized carbons (Fsp3) is 0. The van der Waals surface area contributed by atoms with Gasteiger partial charge < -0.3 is 0 Å². The molecule has 0 saturated heterocycles. The van der Waals surface area contributed by atoms with Crippen molar-refractivity contribution >= 4 is 43.6 Å². The maximum Gasteiger partial charge on any atom is 0.107 e. The van der Waals surface area contributed by atoms with Gasteiger partial charge in [-0.1, -0.05) is 48.5 Å². The van der Waals surface area contributed by atoms with E-state index in [1.807, 2.05) is 48.5 Å². The van der Waals surface area contributed by atoms with Crippen molar-refractivity contribution in [2.24, 2.45) is 0 Å². The van der Waals surface area contributed by atoms with E-state index in [1.54, 1.807) is 24.8 Å². The van der Waals surface area contributed by atoms with Gasteiger partial charge in [-0.05, 0) is 24.3 Å². The zero-order valence-electron chi connectivity index (χ0n) is 17.9. The van der Waals surface area contributed by atoms with Gasteiger partial charge in [-0.15, -0.1) is 0 Å². The number of benzene rings is 2. The normalized spacial score (nSPS) is 11.5. The summed E-state index contributed by atoms with van der Waals surface area (Å²) >= 11 is 0. The second-order valence-electron chi connectivity index (χ2n) is 8.10. The Bertz CT molecular complexity index is 1720. The highest BCUT2D eigenvalue weighted by molar-refractivity contribution is 6.04. The largest absolute Gasteiger partial charge is 0.254 e. The van der Waals surface area contributed by atoms with Crippen LogP contribution < -0.4 is 0 Å². The Balaban J connectivity index is 1.31. The van der Waals surface area contributed by atoms with Crippen molar-refractivity contribution < 1.29 is 0 Å². The summed E-state index contributed by atoms with van der Waals surface area (Å²) in [7, 11) is 0. The third-order valence-corrected chi connectivity index (χ3v) is 6.04. The minimum absolute atomic E-state index is 0.700. The molecule has 7 aromatic rings. The highest BCUT2D eigenvalue weighted by Crippen LogP contribution is 2.27. The molecule has 5 heterocycles. The van der Waals surface area contributed by atoms with Gasteiger partial charge in [-0.2, -0.15) is 0 Å². The van der Waals surface area contributed by atoms with E-state index in [4.69, 9.17) is 9.97 Å². The molecule has 0 aliphatic heterocycles. The van der Waals surface area contributed by atoms with Gasteiger partial charge >= 0.3 is 0 Å². The van der Waals surface area contributed by atoms with Crippen LogP contribution in [0.2, 0.25) is 0 Å². The molecule has 0 radical (unpaired) electrons. The quantitative estimate of drug-likeness (QED) is 0.309. The number of aromatic nitrogens is 6. The molecule has 0 aliphatic carbocycles. The molecule has 0 bridgehead atoms. The highest BCUT2D eigenvalue weighted by Gasteiger charge is 2.10. The average molecular weight is 436 g/mol. The van der Waals surface area contributed by atoms with Crippen LogP contribution >= 0.6 is 0 Å². The maximum absolute atomic E-state index is 4.86. The molecular formula is C28H16N6. The highest BCUT2D eigenvalue weighted by atomic mass is 14.9. The molecule has 6 heteroatoms. The van der Waals surface area contributed by atoms with E-state index in [0.717, 1.165) is 55.0 Å². The third kappa shape index (κ3) is 2.97. The van der Waals surface area contributed by atoms with Gasteiger partial charge in [-0.3, -0.25) is 19.9 Å². The van der Waals surface area contributed by atoms with Crippen LogP contribution in [0.5, 0.6) is 0 Å². The summed E-state index contributed by atoms with van der Waals surface area (Å²) in [6.45, 7) is 0. The summed E-state index contributed by atoms with van der Waals surface area (Å²) in [6.07, 6.45) is 7.07. The smallest absolute Gasteiger partial charge is 0.107 e. The molecule has 7 rings (SSSR count). The Morgan fingerprint density at radius 2 is 0.765 bits per heavy atom. The number of rotatable bonds is 2. The minimum Gasteiger partial charge on any atom is -0.254 e. The van der Waals surface area contributed by atoms with Crippen molar-refractivity contribution in [3.63, 3.8) is 0 Å². The van der Waals surface area contributed by atoms with Gasteiger partial charge in [0.1, 0.15) is 11.4 Å². The van der Waals surface area contributed by atoms with Gasteiger partial charge in [0, 0.05) is 33.9 Å². The number of hydrogen-bond donors (Lipinski definition) is 0. The Hall–Kier alpha value is -4.84. The lowest BCUT2D eigenvalue weighted by Gasteiger charge is -2.07. The second kappa shape index (κ2) is 7.35. The standard InChI is InChI=1S/C28H16N6/c1-3-17-5-7-19-9-11-21(33-27(19)25(17)29-13-1)23-15-32-24(16-31-23)22-12-10-20-8-6-18-4-2-14-30-26(18)28(20)34-22/h1-16H. The number of pyridine rings is 4. The van der Waals surface area contributed by atoms with Crippen molar-refractivity contribution in [2.45, 2.75) is 0 Å². The molecular weight excluding hydrogens is 420 g/mol. The number of nitrogens with zero attached hydrogens (tertiary/aromatic N) is 6. The van der Waals surface area contributed by atoms with Crippen LogP contribution in [0.15, 0.2) is 97.6 Å². The molecule has 0 unspecified atom stereocenters. The van der Waals surface area contributed by atoms with Crippen molar-refractivity contribution in [3.8, 4) is 22.8 Å². The third-order valence-electron chi connectivity index (χ3n) is 6.04. The monoisotopic (exact) mass is 436 g/mol. The summed E-state index contributed by atoms with van der Waals surface area (Å²) in [6, 6.07) is 24.2. The fourth-order valence-corrected chi connectivity index (χ4v) is 4.33. The minimum atomic E-state index is 0.700. The van der Waals surface area contributed by atoms with E-state index in [1.165, 1.54) is 0 Å². The Morgan fingerprint density at radius 1 is 0.353 bits per heavy atom. The molecule has 0 aliphatic rings. The zero-order valence-corrected chi connectivity index (χ0v) is 17.9. The summed E-state index contributed by atoms with van der Waals surface area (Å²) in [5.41, 5.74) is 6.39. The molecule has 0 spiro atoms. The SMILES string of the molecule is c1cnc2c(c1)ccc1ccc(-c3cnc(-c4ccc5ccc6cccnc6c5n4)cn3)nc12. The summed E-state index contributed by atoms with van der Waals surface area (Å²) < 4.78 is 0. The van der Waals surface area contributed by atoms with E-state index >= 15 is 0 Å². The molecule has 0 atom stereocenters. The molecule has 0 fully saturated rings. The first kappa shape index (κ1) is 18.7. The predicted octanol–water partition coefficient (Wildman–Crippen LogP) is 6.00. The fourth-order valence-electron chi connectivity index (χ4n) is 4.33. The van der Waals surface area contributed by atoms with Gasteiger partial charge in [0.2, 0.25) is 0 Å². The first-order valence-corrected chi connectivity index (χ1v) is 11.0. The van der Waals surface area contributed by atoms with Crippen molar-refractivity contribution in [3.05, 3.63) is 97.6 Å². The van der Waals surface area contributed by atoms with Gasteiger partial charge in [0.15, 0.2) is 0 Å². The lowest BCUT2D eigenvalue weighted by atomic mass is 10.1. The molecule has 2 aromatic carbocycles.